The number of amides is 1. The van der Waals surface area contributed by atoms with Crippen molar-refractivity contribution in [2.45, 2.75) is 58.9 Å². The lowest BCUT2D eigenvalue weighted by atomic mass is 9.84. The van der Waals surface area contributed by atoms with Crippen molar-refractivity contribution in [3.05, 3.63) is 28.7 Å². The highest BCUT2D eigenvalue weighted by Gasteiger charge is 2.25. The minimum absolute atomic E-state index is 0. The highest BCUT2D eigenvalue weighted by Crippen LogP contribution is 2.23. The minimum Gasteiger partial charge on any atom is -1.00 e. The molecular weight excluding hydrogens is 547 g/mol. The van der Waals surface area contributed by atoms with Crippen LogP contribution in [0, 0.1) is 23.7 Å². The number of ether oxygens (including phenoxy) is 2. The second-order valence-electron chi connectivity index (χ2n) is 9.97. The monoisotopic (exact) mass is 596 g/mol. The van der Waals surface area contributed by atoms with E-state index < -0.39 is 17.1 Å². The molecule has 12 heteroatoms. The molecular formula is C27H50Cl2N4O6. The molecule has 10 nitrogen and oxygen atoms in total. The summed E-state index contributed by atoms with van der Waals surface area (Å²) in [6.45, 7) is 7.34. The zero-order valence-corrected chi connectivity index (χ0v) is 25.4. The Morgan fingerprint density at radius 1 is 1.08 bits per heavy atom. The zero-order valence-electron chi connectivity index (χ0n) is 23.8. The van der Waals surface area contributed by atoms with E-state index in [4.69, 9.17) is 9.47 Å². The van der Waals surface area contributed by atoms with E-state index in [2.05, 4.69) is 30.6 Å². The van der Waals surface area contributed by atoms with Crippen molar-refractivity contribution in [3.63, 3.8) is 0 Å². The second kappa shape index (κ2) is 23.1. The van der Waals surface area contributed by atoms with Crippen LogP contribution in [0.2, 0.25) is 0 Å². The second-order valence-corrected chi connectivity index (χ2v) is 9.97. The van der Waals surface area contributed by atoms with Crippen LogP contribution in [0.25, 0.3) is 0 Å². The molecule has 0 aromatic carbocycles. The van der Waals surface area contributed by atoms with E-state index >= 15 is 0 Å². The molecule has 0 saturated heterocycles. The molecule has 1 aromatic heterocycles. The maximum atomic E-state index is 13.3. The molecule has 0 fully saturated rings. The number of aromatic nitrogens is 1. The van der Waals surface area contributed by atoms with Crippen LogP contribution in [0.3, 0.4) is 0 Å². The molecule has 1 amide bonds. The van der Waals surface area contributed by atoms with E-state index in [9.17, 15) is 19.5 Å². The number of halogens is 2. The molecule has 228 valence electrons. The molecule has 39 heavy (non-hydrogen) atoms. The Kier molecular flexibility index (Phi) is 23.3. The summed E-state index contributed by atoms with van der Waals surface area (Å²) in [6, 6.07) is 1.24. The topological polar surface area (TPSA) is 162 Å². The first kappa shape index (κ1) is 39.5. The van der Waals surface area contributed by atoms with Crippen molar-refractivity contribution in [2.75, 3.05) is 46.6 Å². The van der Waals surface area contributed by atoms with E-state index in [0.717, 1.165) is 45.2 Å². The number of nitrogens with zero attached hydrogens (tertiary/aromatic N) is 1. The standard InChI is InChI=1S/C27H48N4O6.2ClH/c1-4-6-21(15-29)12-22(11-20(5-2)14-28)16-30-27(35)23(13-24(32)19-37-10-9-36-3)17-31-8-7-25(33)26(34)18-31;;/h7-8,18,20-23,34H,4-6,9-17,19,28-29H2,1-3H3,(H,30,35);2*1H. The number of carbonyl (C=O) groups is 2. The number of carbonyl (C=O) groups excluding carboxylic acids is 2. The summed E-state index contributed by atoms with van der Waals surface area (Å²) in [5.74, 6) is -0.169. The van der Waals surface area contributed by atoms with Gasteiger partial charge in [0.2, 0.25) is 11.3 Å². The smallest absolute Gasteiger partial charge is 0.225 e. The largest absolute Gasteiger partial charge is 1.00 e. The van der Waals surface area contributed by atoms with Crippen LogP contribution in [-0.4, -0.2) is 67.9 Å². The number of ketones is 1. The number of nitrogens with one attached hydrogen (secondary N) is 1. The van der Waals surface area contributed by atoms with E-state index in [1.807, 2.05) is 0 Å². The Balaban J connectivity index is 0. The summed E-state index contributed by atoms with van der Waals surface area (Å²) in [7, 11) is 1.56. The van der Waals surface area contributed by atoms with E-state index in [1.165, 1.54) is 18.5 Å². The van der Waals surface area contributed by atoms with Gasteiger partial charge in [0, 0.05) is 56.9 Å². The Morgan fingerprint density at radius 2 is 1.74 bits per heavy atom. The van der Waals surface area contributed by atoms with Crippen LogP contribution in [0.15, 0.2) is 23.3 Å². The van der Waals surface area contributed by atoms with Crippen LogP contribution in [0.4, 0.5) is 0 Å². The minimum atomic E-state index is -0.671. The molecule has 1 rings (SSSR count). The van der Waals surface area contributed by atoms with Crippen LogP contribution >= 0.6 is 0 Å². The fourth-order valence-corrected chi connectivity index (χ4v) is 4.65. The maximum absolute atomic E-state index is 13.3. The molecule has 0 aliphatic carbocycles. The Labute approximate surface area is 245 Å². The molecule has 0 aliphatic heterocycles. The molecule has 1 aromatic rings. The normalized spacial score (nSPS) is 13.9. The number of methoxy groups -OCH3 is 1. The number of pyridine rings is 1. The van der Waals surface area contributed by atoms with Gasteiger partial charge in [-0.25, -0.2) is 0 Å². The molecule has 0 bridgehead atoms. The van der Waals surface area contributed by atoms with Gasteiger partial charge in [0.15, 0.2) is 11.5 Å². The van der Waals surface area contributed by atoms with Gasteiger partial charge in [-0.1, -0.05) is 20.3 Å². The van der Waals surface area contributed by atoms with Gasteiger partial charge in [0.05, 0.1) is 32.2 Å². The first-order valence-electron chi connectivity index (χ1n) is 13.6. The van der Waals surface area contributed by atoms with Crippen molar-refractivity contribution in [1.82, 2.24) is 9.88 Å². The van der Waals surface area contributed by atoms with Gasteiger partial charge in [-0.15, -0.1) is 0 Å². The van der Waals surface area contributed by atoms with Gasteiger partial charge in [0.1, 0.15) is 6.61 Å². The summed E-state index contributed by atoms with van der Waals surface area (Å²) in [5.41, 5.74) is 7.73. The molecule has 4 unspecified atom stereocenters. The number of Topliss-reactive ketones (excluding diaryl/α,β-unsaturated/α-hetero) is 1. The summed E-state index contributed by atoms with van der Waals surface area (Å²) in [5, 5.41) is 12.9. The number of aromatic hydroxyl groups is 1. The molecule has 0 aliphatic rings. The number of rotatable bonds is 21. The Morgan fingerprint density at radius 3 is 2.31 bits per heavy atom. The van der Waals surface area contributed by atoms with Crippen molar-refractivity contribution in [3.8, 4) is 5.75 Å². The number of hydrogen-bond acceptors (Lipinski definition) is 6. The Bertz CT molecular complexity index is 854. The summed E-state index contributed by atoms with van der Waals surface area (Å²) >= 11 is 0. The van der Waals surface area contributed by atoms with Gasteiger partial charge < -0.3 is 60.7 Å². The predicted molar refractivity (Wildman–Crippen MR) is 142 cm³/mol. The lowest BCUT2D eigenvalue weighted by molar-refractivity contribution is -0.381. The average molecular weight is 598 g/mol. The van der Waals surface area contributed by atoms with Crippen molar-refractivity contribution < 1.29 is 60.5 Å². The van der Waals surface area contributed by atoms with Crippen LogP contribution in [-0.2, 0) is 25.6 Å². The van der Waals surface area contributed by atoms with Crippen molar-refractivity contribution >= 4 is 11.7 Å². The molecule has 0 spiro atoms. The van der Waals surface area contributed by atoms with Gasteiger partial charge in [-0.3, -0.25) is 14.4 Å². The van der Waals surface area contributed by atoms with Crippen LogP contribution < -0.4 is 47.0 Å². The first-order valence-corrected chi connectivity index (χ1v) is 13.6. The summed E-state index contributed by atoms with van der Waals surface area (Å²) < 4.78 is 11.8. The van der Waals surface area contributed by atoms with E-state index in [-0.39, 0.29) is 56.1 Å². The fourth-order valence-electron chi connectivity index (χ4n) is 4.65. The average Bonchev–Trinajstić information content (AvgIpc) is 2.89. The van der Waals surface area contributed by atoms with Gasteiger partial charge in [-0.05, 0) is 31.6 Å². The molecule has 0 radical (unpaired) electrons. The maximum Gasteiger partial charge on any atom is 0.225 e. The lowest BCUT2D eigenvalue weighted by Gasteiger charge is -2.26. The molecule has 1 heterocycles. The molecule has 4 atom stereocenters. The van der Waals surface area contributed by atoms with Crippen LogP contribution in [0.1, 0.15) is 52.4 Å². The number of quaternary nitrogens is 2. The SMILES string of the molecule is CCCC(C[NH3+])CC(CNC(=O)C(CC(=O)COCCOC)Cn1ccc(=O)c(O)c1)CC(CC)C[NH3+].[Cl-].[Cl-]. The molecule has 8 N–H and O–H groups in total. The van der Waals surface area contributed by atoms with Gasteiger partial charge >= 0.3 is 0 Å². The number of hydrogen-bond donors (Lipinski definition) is 4. The zero-order chi connectivity index (χ0) is 27.6. The fraction of sp³-hybridized carbons (Fsp3) is 0.741. The van der Waals surface area contributed by atoms with E-state index in [0.29, 0.717) is 37.5 Å². The third-order valence-corrected chi connectivity index (χ3v) is 6.92. The van der Waals surface area contributed by atoms with Gasteiger partial charge in [-0.2, -0.15) is 0 Å². The quantitative estimate of drug-likeness (QED) is 0.103. The van der Waals surface area contributed by atoms with Gasteiger partial charge in [0.25, 0.3) is 0 Å². The lowest BCUT2D eigenvalue weighted by Crippen LogP contribution is -3.00. The third kappa shape index (κ3) is 16.2. The summed E-state index contributed by atoms with van der Waals surface area (Å²) in [4.78, 5) is 37.5. The highest BCUT2D eigenvalue weighted by atomic mass is 35.5. The highest BCUT2D eigenvalue weighted by molar-refractivity contribution is 5.87. The third-order valence-electron chi connectivity index (χ3n) is 6.92. The predicted octanol–water partition coefficient (Wildman–Crippen LogP) is -5.76. The van der Waals surface area contributed by atoms with E-state index in [1.54, 1.807) is 11.7 Å². The Hall–Kier alpha value is -1.69. The van der Waals surface area contributed by atoms with Crippen molar-refractivity contribution in [2.24, 2.45) is 23.7 Å². The van der Waals surface area contributed by atoms with Crippen molar-refractivity contribution in [1.29, 1.82) is 0 Å². The summed E-state index contributed by atoms with van der Waals surface area (Å²) in [6.07, 6.45) is 8.05. The first-order chi connectivity index (χ1) is 17.8. The molecule has 0 saturated carbocycles. The van der Waals surface area contributed by atoms with Crippen LogP contribution in [0.5, 0.6) is 5.75 Å².